The molecule has 6 nitrogen and oxygen atoms in total. The molecule has 0 saturated carbocycles. The molecule has 0 aliphatic rings. The van der Waals surface area contributed by atoms with E-state index in [0.717, 1.165) is 0 Å². The second-order valence-corrected chi connectivity index (χ2v) is 8.32. The summed E-state index contributed by atoms with van der Waals surface area (Å²) in [6.07, 6.45) is 0.422. The smallest absolute Gasteiger partial charge is 0.270 e. The van der Waals surface area contributed by atoms with Gasteiger partial charge in [-0.25, -0.2) is 0 Å². The maximum Gasteiger partial charge on any atom is 0.270 e. The normalized spacial score (nSPS) is 13.2. The molecule has 27 heavy (non-hydrogen) atoms. The highest BCUT2D eigenvalue weighted by molar-refractivity contribution is 7.87. The van der Waals surface area contributed by atoms with E-state index in [9.17, 15) is 13.5 Å². The first-order valence-corrected chi connectivity index (χ1v) is 10.1. The van der Waals surface area contributed by atoms with Crippen LogP contribution in [0.3, 0.4) is 0 Å². The number of ether oxygens (including phenoxy) is 2. The average Bonchev–Trinajstić information content (AvgIpc) is 2.71. The van der Waals surface area contributed by atoms with Crippen molar-refractivity contribution in [3.63, 3.8) is 0 Å². The molecule has 7 heteroatoms. The van der Waals surface area contributed by atoms with Gasteiger partial charge in [0, 0.05) is 0 Å². The highest BCUT2D eigenvalue weighted by Gasteiger charge is 2.35. The lowest BCUT2D eigenvalue weighted by molar-refractivity contribution is 0.0294. The largest absolute Gasteiger partial charge is 0.497 e. The summed E-state index contributed by atoms with van der Waals surface area (Å²) in [7, 11) is -0.698. The number of hydrogen-bond donors (Lipinski definition) is 1. The third kappa shape index (κ3) is 4.80. The molecule has 0 spiro atoms. The van der Waals surface area contributed by atoms with Crippen molar-refractivity contribution in [1.82, 2.24) is 0 Å². The van der Waals surface area contributed by atoms with Gasteiger partial charge in [-0.1, -0.05) is 31.2 Å². The van der Waals surface area contributed by atoms with Gasteiger partial charge in [-0.15, -0.1) is 0 Å². The molecular weight excluding hydrogens is 368 g/mol. The minimum absolute atomic E-state index is 0.422. The predicted molar refractivity (Wildman–Crippen MR) is 104 cm³/mol. The van der Waals surface area contributed by atoms with Crippen molar-refractivity contribution in [1.29, 1.82) is 0 Å². The van der Waals surface area contributed by atoms with Gasteiger partial charge in [0.15, 0.2) is 0 Å². The van der Waals surface area contributed by atoms with Crippen LogP contribution in [0.4, 0.5) is 0 Å². The van der Waals surface area contributed by atoms with Crippen LogP contribution in [0.15, 0.2) is 48.5 Å². The van der Waals surface area contributed by atoms with Crippen LogP contribution in [0.25, 0.3) is 0 Å². The fourth-order valence-corrected chi connectivity index (χ4v) is 3.53. The molecule has 0 radical (unpaired) electrons. The summed E-state index contributed by atoms with van der Waals surface area (Å²) in [5.41, 5.74) is -0.667. The molecule has 0 amide bonds. The summed E-state index contributed by atoms with van der Waals surface area (Å²) in [6, 6.07) is 13.5. The fraction of sp³-hybridized carbons (Fsp3) is 0.400. The molecule has 2 rings (SSSR count). The van der Waals surface area contributed by atoms with E-state index in [1.165, 1.54) is 0 Å². The van der Waals surface area contributed by atoms with Crippen molar-refractivity contribution in [3.05, 3.63) is 59.7 Å². The molecule has 0 aliphatic carbocycles. The van der Waals surface area contributed by atoms with Crippen LogP contribution in [-0.2, 0) is 19.9 Å². The first-order chi connectivity index (χ1) is 12.8. The summed E-state index contributed by atoms with van der Waals surface area (Å²) < 4.78 is 40.1. The Morgan fingerprint density at radius 2 is 1.33 bits per heavy atom. The fourth-order valence-electron chi connectivity index (χ4n) is 2.55. The van der Waals surface area contributed by atoms with Crippen LogP contribution in [-0.4, -0.2) is 39.6 Å². The minimum Gasteiger partial charge on any atom is -0.497 e. The van der Waals surface area contributed by atoms with E-state index in [2.05, 4.69) is 0 Å². The zero-order valence-electron chi connectivity index (χ0n) is 16.0. The maximum atomic E-state index is 12.3. The van der Waals surface area contributed by atoms with Crippen molar-refractivity contribution in [2.24, 2.45) is 0 Å². The van der Waals surface area contributed by atoms with Crippen LogP contribution in [0.5, 0.6) is 11.5 Å². The lowest BCUT2D eigenvalue weighted by Gasteiger charge is -2.29. The first-order valence-electron chi connectivity index (χ1n) is 8.66. The summed E-state index contributed by atoms with van der Waals surface area (Å²) in [6.45, 7) is 2.91. The summed E-state index contributed by atoms with van der Waals surface area (Å²) >= 11 is 0. The van der Waals surface area contributed by atoms with Gasteiger partial charge >= 0.3 is 0 Å². The van der Waals surface area contributed by atoms with Gasteiger partial charge in [-0.05, 0) is 48.7 Å². The average molecular weight is 394 g/mol. The molecule has 1 unspecified atom stereocenters. The lowest BCUT2D eigenvalue weighted by Crippen LogP contribution is -2.35. The predicted octanol–water partition coefficient (Wildman–Crippen LogP) is 3.08. The van der Waals surface area contributed by atoms with Crippen molar-refractivity contribution in [3.8, 4) is 11.5 Å². The Morgan fingerprint density at radius 1 is 0.926 bits per heavy atom. The molecular formula is C20H26O6S. The van der Waals surface area contributed by atoms with E-state index in [1.54, 1.807) is 76.6 Å². The Morgan fingerprint density at radius 3 is 1.67 bits per heavy atom. The van der Waals surface area contributed by atoms with Gasteiger partial charge in [0.05, 0.1) is 19.5 Å². The SMILES string of the molecule is CCC(C)S(=O)(=O)OCC(O)(c1ccc(OC)cc1)c1ccc(OC)cc1. The molecule has 2 aromatic carbocycles. The molecule has 0 aliphatic heterocycles. The second kappa shape index (κ2) is 8.73. The maximum absolute atomic E-state index is 12.3. The molecule has 1 atom stereocenters. The Hall–Kier alpha value is -2.09. The summed E-state index contributed by atoms with van der Waals surface area (Å²) in [4.78, 5) is 0. The van der Waals surface area contributed by atoms with Crippen LogP contribution in [0.2, 0.25) is 0 Å². The molecule has 1 N–H and O–H groups in total. The molecule has 0 bridgehead atoms. The van der Waals surface area contributed by atoms with Gasteiger partial charge < -0.3 is 14.6 Å². The Bertz CT molecular complexity index is 780. The summed E-state index contributed by atoms with van der Waals surface area (Å²) in [5, 5.41) is 10.8. The molecule has 0 saturated heterocycles. The highest BCUT2D eigenvalue weighted by atomic mass is 32.2. The minimum atomic E-state index is -3.79. The van der Waals surface area contributed by atoms with E-state index >= 15 is 0 Å². The van der Waals surface area contributed by atoms with Crippen LogP contribution < -0.4 is 9.47 Å². The van der Waals surface area contributed by atoms with Crippen molar-refractivity contribution < 1.29 is 27.2 Å². The second-order valence-electron chi connectivity index (χ2n) is 6.29. The van der Waals surface area contributed by atoms with E-state index in [-0.39, 0.29) is 0 Å². The van der Waals surface area contributed by atoms with E-state index < -0.39 is 27.6 Å². The molecule has 0 fully saturated rings. The van der Waals surface area contributed by atoms with Crippen LogP contribution >= 0.6 is 0 Å². The van der Waals surface area contributed by atoms with E-state index in [0.29, 0.717) is 29.0 Å². The van der Waals surface area contributed by atoms with Gasteiger partial charge in [-0.2, -0.15) is 8.42 Å². The standard InChI is InChI=1S/C20H26O6S/c1-5-15(2)27(22,23)26-14-20(21,16-6-10-18(24-3)11-7-16)17-8-12-19(25-4)13-9-17/h6-13,15,21H,5,14H2,1-4H3. The number of hydrogen-bond acceptors (Lipinski definition) is 6. The Balaban J connectivity index is 2.43. The summed E-state index contributed by atoms with van der Waals surface area (Å²) in [5.74, 6) is 1.26. The van der Waals surface area contributed by atoms with Gasteiger partial charge in [0.1, 0.15) is 23.7 Å². The number of benzene rings is 2. The topological polar surface area (TPSA) is 82.1 Å². The van der Waals surface area contributed by atoms with Gasteiger partial charge in [-0.3, -0.25) is 4.18 Å². The monoisotopic (exact) mass is 394 g/mol. The van der Waals surface area contributed by atoms with E-state index in [1.807, 2.05) is 0 Å². The quantitative estimate of drug-likeness (QED) is 0.658. The zero-order chi connectivity index (χ0) is 20.1. The molecule has 0 aromatic heterocycles. The lowest BCUT2D eigenvalue weighted by atomic mass is 9.87. The molecule has 148 valence electrons. The number of aliphatic hydroxyl groups is 1. The van der Waals surface area contributed by atoms with Crippen molar-refractivity contribution >= 4 is 10.1 Å². The van der Waals surface area contributed by atoms with E-state index in [4.69, 9.17) is 13.7 Å². The van der Waals surface area contributed by atoms with Crippen LogP contribution in [0.1, 0.15) is 31.4 Å². The zero-order valence-corrected chi connectivity index (χ0v) is 16.8. The van der Waals surface area contributed by atoms with Crippen LogP contribution in [0, 0.1) is 0 Å². The number of methoxy groups -OCH3 is 2. The Labute approximate surface area is 160 Å². The third-order valence-electron chi connectivity index (χ3n) is 4.63. The Kier molecular flexibility index (Phi) is 6.86. The molecule has 2 aromatic rings. The third-order valence-corrected chi connectivity index (χ3v) is 6.40. The molecule has 0 heterocycles. The van der Waals surface area contributed by atoms with Gasteiger partial charge in [0.2, 0.25) is 0 Å². The van der Waals surface area contributed by atoms with Crippen molar-refractivity contribution in [2.45, 2.75) is 31.1 Å². The number of rotatable bonds is 9. The van der Waals surface area contributed by atoms with Gasteiger partial charge in [0.25, 0.3) is 10.1 Å². The highest BCUT2D eigenvalue weighted by Crippen LogP contribution is 2.33. The first kappa shape index (κ1) is 21.2. The van der Waals surface area contributed by atoms with Crippen molar-refractivity contribution in [2.75, 3.05) is 20.8 Å².